The van der Waals surface area contributed by atoms with E-state index in [2.05, 4.69) is 5.32 Å². The molecular weight excluding hydrogens is 377 g/mol. The van der Waals surface area contributed by atoms with E-state index in [1.807, 2.05) is 20.8 Å². The molecule has 0 saturated heterocycles. The van der Waals surface area contributed by atoms with Crippen molar-refractivity contribution in [2.75, 3.05) is 33.0 Å². The normalized spacial score (nSPS) is 10.3. The molecule has 0 heterocycles. The topological polar surface area (TPSA) is 66.0 Å². The van der Waals surface area contributed by atoms with Gasteiger partial charge in [0.2, 0.25) is 5.75 Å². The summed E-state index contributed by atoms with van der Waals surface area (Å²) in [6.45, 7) is 7.58. The van der Waals surface area contributed by atoms with Crippen molar-refractivity contribution >= 4 is 5.91 Å². The zero-order valence-electron chi connectivity index (χ0n) is 17.1. The van der Waals surface area contributed by atoms with Gasteiger partial charge >= 0.3 is 0 Å². The van der Waals surface area contributed by atoms with Crippen molar-refractivity contribution in [1.29, 1.82) is 0 Å². The molecule has 0 radical (unpaired) electrons. The molecule has 0 bridgehead atoms. The van der Waals surface area contributed by atoms with Gasteiger partial charge in [0, 0.05) is 12.1 Å². The standard InChI is InChI=1S/C22H28FNO5/c1-4-26-19-14-16(15-20(27-5-2)21(19)28-6-3)22(25)24-12-9-13-29-18-11-8-7-10-17(18)23/h7-8,10-11,14-15H,4-6,9,12-13H2,1-3H3,(H,24,25). The maximum Gasteiger partial charge on any atom is 0.251 e. The van der Waals surface area contributed by atoms with Crippen molar-refractivity contribution < 1.29 is 28.1 Å². The van der Waals surface area contributed by atoms with Crippen molar-refractivity contribution in [3.05, 3.63) is 47.8 Å². The van der Waals surface area contributed by atoms with Crippen molar-refractivity contribution in [2.45, 2.75) is 27.2 Å². The summed E-state index contributed by atoms with van der Waals surface area (Å²) in [5.41, 5.74) is 0.412. The van der Waals surface area contributed by atoms with Gasteiger partial charge < -0.3 is 24.3 Å². The minimum atomic E-state index is -0.405. The highest BCUT2D eigenvalue weighted by Crippen LogP contribution is 2.39. The molecule has 2 aromatic rings. The van der Waals surface area contributed by atoms with Gasteiger partial charge in [0.25, 0.3) is 5.91 Å². The second-order valence-electron chi connectivity index (χ2n) is 5.99. The van der Waals surface area contributed by atoms with Gasteiger partial charge in [0.05, 0.1) is 26.4 Å². The average Bonchev–Trinajstić information content (AvgIpc) is 2.71. The molecule has 0 aliphatic carbocycles. The van der Waals surface area contributed by atoms with Gasteiger partial charge in [-0.05, 0) is 51.5 Å². The summed E-state index contributed by atoms with van der Waals surface area (Å²) in [4.78, 5) is 12.6. The summed E-state index contributed by atoms with van der Waals surface area (Å²) in [5.74, 6) is 0.958. The number of hydrogen-bond acceptors (Lipinski definition) is 5. The lowest BCUT2D eigenvalue weighted by Gasteiger charge is -2.17. The SMILES string of the molecule is CCOc1cc(C(=O)NCCCOc2ccccc2F)cc(OCC)c1OCC. The predicted molar refractivity (Wildman–Crippen MR) is 109 cm³/mol. The molecule has 0 unspecified atom stereocenters. The average molecular weight is 405 g/mol. The van der Waals surface area contributed by atoms with E-state index in [1.165, 1.54) is 6.07 Å². The van der Waals surface area contributed by atoms with Crippen LogP contribution in [-0.2, 0) is 0 Å². The van der Waals surface area contributed by atoms with Crippen molar-refractivity contribution in [1.82, 2.24) is 5.32 Å². The van der Waals surface area contributed by atoms with Gasteiger partial charge in [-0.1, -0.05) is 12.1 Å². The molecule has 29 heavy (non-hydrogen) atoms. The molecule has 0 spiro atoms. The minimum Gasteiger partial charge on any atom is -0.490 e. The number of hydrogen-bond donors (Lipinski definition) is 1. The quantitative estimate of drug-likeness (QED) is 0.536. The largest absolute Gasteiger partial charge is 0.490 e. The van der Waals surface area contributed by atoms with E-state index < -0.39 is 5.82 Å². The first-order valence-corrected chi connectivity index (χ1v) is 9.82. The van der Waals surface area contributed by atoms with E-state index in [0.29, 0.717) is 62.2 Å². The highest BCUT2D eigenvalue weighted by atomic mass is 19.1. The number of nitrogens with one attached hydrogen (secondary N) is 1. The van der Waals surface area contributed by atoms with Crippen LogP contribution in [0, 0.1) is 5.82 Å². The fourth-order valence-corrected chi connectivity index (χ4v) is 2.64. The van der Waals surface area contributed by atoms with Crippen LogP contribution in [0.1, 0.15) is 37.6 Å². The van der Waals surface area contributed by atoms with Gasteiger partial charge in [-0.25, -0.2) is 4.39 Å². The second-order valence-corrected chi connectivity index (χ2v) is 5.99. The first-order valence-electron chi connectivity index (χ1n) is 9.82. The summed E-state index contributed by atoms with van der Waals surface area (Å²) < 4.78 is 35.8. The Kier molecular flexibility index (Phi) is 9.08. The van der Waals surface area contributed by atoms with Crippen molar-refractivity contribution in [3.8, 4) is 23.0 Å². The number of amides is 1. The summed E-state index contributed by atoms with van der Waals surface area (Å²) in [5, 5.41) is 2.83. The van der Waals surface area contributed by atoms with Crippen LogP contribution < -0.4 is 24.3 Å². The van der Waals surface area contributed by atoms with Crippen LogP contribution in [0.4, 0.5) is 4.39 Å². The Morgan fingerprint density at radius 3 is 2.10 bits per heavy atom. The highest BCUT2D eigenvalue weighted by Gasteiger charge is 2.18. The fraction of sp³-hybridized carbons (Fsp3) is 0.409. The van der Waals surface area contributed by atoms with Crippen LogP contribution in [0.15, 0.2) is 36.4 Å². The Bertz CT molecular complexity index is 770. The molecule has 1 N–H and O–H groups in total. The van der Waals surface area contributed by atoms with Crippen LogP contribution >= 0.6 is 0 Å². The number of carbonyl (C=O) groups excluding carboxylic acids is 1. The number of halogens is 1. The zero-order chi connectivity index (χ0) is 21.1. The number of para-hydroxylation sites is 1. The third-order valence-corrected chi connectivity index (χ3v) is 3.87. The lowest BCUT2D eigenvalue weighted by Crippen LogP contribution is -2.25. The molecule has 0 aliphatic rings. The summed E-state index contributed by atoms with van der Waals surface area (Å²) in [7, 11) is 0. The number of benzene rings is 2. The van der Waals surface area contributed by atoms with E-state index in [4.69, 9.17) is 18.9 Å². The van der Waals surface area contributed by atoms with Gasteiger partial charge in [0.15, 0.2) is 23.1 Å². The smallest absolute Gasteiger partial charge is 0.251 e. The first-order chi connectivity index (χ1) is 14.1. The Hall–Kier alpha value is -2.96. The van der Waals surface area contributed by atoms with Crippen molar-refractivity contribution in [2.24, 2.45) is 0 Å². The van der Waals surface area contributed by atoms with E-state index in [0.717, 1.165) is 0 Å². The monoisotopic (exact) mass is 405 g/mol. The Labute approximate surface area is 170 Å². The number of ether oxygens (including phenoxy) is 4. The zero-order valence-corrected chi connectivity index (χ0v) is 17.1. The molecule has 1 amide bonds. The summed E-state index contributed by atoms with van der Waals surface area (Å²) >= 11 is 0. The predicted octanol–water partition coefficient (Wildman–Crippen LogP) is 4.22. The molecule has 6 nitrogen and oxygen atoms in total. The highest BCUT2D eigenvalue weighted by molar-refractivity contribution is 5.95. The molecular formula is C22H28FNO5. The molecule has 0 aromatic heterocycles. The molecule has 0 aliphatic heterocycles. The molecule has 158 valence electrons. The maximum atomic E-state index is 13.5. The molecule has 2 rings (SSSR count). The van der Waals surface area contributed by atoms with Crippen LogP contribution in [0.3, 0.4) is 0 Å². The Morgan fingerprint density at radius 2 is 1.52 bits per heavy atom. The maximum absolute atomic E-state index is 13.5. The summed E-state index contributed by atoms with van der Waals surface area (Å²) in [6.07, 6.45) is 0.535. The van der Waals surface area contributed by atoms with Crippen LogP contribution in [0.5, 0.6) is 23.0 Å². The Balaban J connectivity index is 1.97. The second kappa shape index (κ2) is 11.8. The molecule has 0 fully saturated rings. The van der Waals surface area contributed by atoms with Gasteiger partial charge in [0.1, 0.15) is 0 Å². The lowest BCUT2D eigenvalue weighted by atomic mass is 10.1. The van der Waals surface area contributed by atoms with Gasteiger partial charge in [-0.2, -0.15) is 0 Å². The van der Waals surface area contributed by atoms with E-state index in [1.54, 1.807) is 30.3 Å². The van der Waals surface area contributed by atoms with Crippen LogP contribution in [-0.4, -0.2) is 38.9 Å². The molecule has 2 aromatic carbocycles. The lowest BCUT2D eigenvalue weighted by molar-refractivity contribution is 0.0950. The van der Waals surface area contributed by atoms with Crippen LogP contribution in [0.25, 0.3) is 0 Å². The minimum absolute atomic E-state index is 0.202. The first kappa shape index (κ1) is 22.3. The van der Waals surface area contributed by atoms with E-state index in [9.17, 15) is 9.18 Å². The number of rotatable bonds is 12. The molecule has 7 heteroatoms. The molecule has 0 atom stereocenters. The molecule has 0 saturated carbocycles. The van der Waals surface area contributed by atoms with Crippen molar-refractivity contribution in [3.63, 3.8) is 0 Å². The third kappa shape index (κ3) is 6.55. The van der Waals surface area contributed by atoms with Gasteiger partial charge in [-0.15, -0.1) is 0 Å². The summed E-state index contributed by atoms with van der Waals surface area (Å²) in [6, 6.07) is 9.50. The fourth-order valence-electron chi connectivity index (χ4n) is 2.64. The third-order valence-electron chi connectivity index (χ3n) is 3.87. The van der Waals surface area contributed by atoms with Gasteiger partial charge in [-0.3, -0.25) is 4.79 Å². The number of carbonyl (C=O) groups is 1. The van der Waals surface area contributed by atoms with E-state index in [-0.39, 0.29) is 11.7 Å². The van der Waals surface area contributed by atoms with Crippen LogP contribution in [0.2, 0.25) is 0 Å². The van der Waals surface area contributed by atoms with E-state index >= 15 is 0 Å². The Morgan fingerprint density at radius 1 is 0.897 bits per heavy atom.